The molecule has 2 aromatic rings. The molecule has 0 atom stereocenters. The molecule has 0 bridgehead atoms. The van der Waals surface area contributed by atoms with Gasteiger partial charge in [-0.3, -0.25) is 9.78 Å². The average Bonchev–Trinajstić information content (AvgIpc) is 3.02. The quantitative estimate of drug-likeness (QED) is 0.942. The van der Waals surface area contributed by atoms with Crippen molar-refractivity contribution in [2.75, 3.05) is 23.3 Å². The maximum Gasteiger partial charge on any atom is 0.274 e. The molecule has 1 aromatic heterocycles. The first-order valence-electron chi connectivity index (χ1n) is 7.00. The Morgan fingerprint density at radius 1 is 1.19 bits per heavy atom. The van der Waals surface area contributed by atoms with Gasteiger partial charge in [0.1, 0.15) is 11.5 Å². The lowest BCUT2D eigenvalue weighted by atomic mass is 10.2. The largest absolute Gasteiger partial charge is 0.371 e. The molecule has 0 unspecified atom stereocenters. The molecular formula is C16H16FN3O. The number of hydrogen-bond acceptors (Lipinski definition) is 3. The molecule has 5 heteroatoms. The monoisotopic (exact) mass is 285 g/mol. The third kappa shape index (κ3) is 3.18. The number of benzene rings is 1. The summed E-state index contributed by atoms with van der Waals surface area (Å²) in [5, 5.41) is 2.69. The first-order valence-corrected chi connectivity index (χ1v) is 7.00. The van der Waals surface area contributed by atoms with Crippen molar-refractivity contribution in [2.45, 2.75) is 12.8 Å². The van der Waals surface area contributed by atoms with E-state index in [1.54, 1.807) is 30.5 Å². The fraction of sp³-hybridized carbons (Fsp3) is 0.250. The maximum atomic E-state index is 13.7. The minimum Gasteiger partial charge on any atom is -0.371 e. The molecule has 1 saturated heterocycles. The molecule has 108 valence electrons. The summed E-state index contributed by atoms with van der Waals surface area (Å²) in [4.78, 5) is 18.2. The summed E-state index contributed by atoms with van der Waals surface area (Å²) in [6.45, 7) is 1.86. The highest BCUT2D eigenvalue weighted by Crippen LogP contribution is 2.25. The third-order valence-electron chi connectivity index (χ3n) is 3.51. The van der Waals surface area contributed by atoms with Crippen LogP contribution in [0.25, 0.3) is 0 Å². The molecule has 1 aliphatic rings. The molecule has 4 nitrogen and oxygen atoms in total. The van der Waals surface area contributed by atoms with Crippen molar-refractivity contribution < 1.29 is 9.18 Å². The zero-order valence-electron chi connectivity index (χ0n) is 11.6. The molecule has 0 aliphatic carbocycles. The van der Waals surface area contributed by atoms with Gasteiger partial charge in [-0.15, -0.1) is 0 Å². The predicted octanol–water partition coefficient (Wildman–Crippen LogP) is 3.07. The molecule has 1 aliphatic heterocycles. The van der Waals surface area contributed by atoms with E-state index in [4.69, 9.17) is 0 Å². The molecule has 0 saturated carbocycles. The van der Waals surface area contributed by atoms with Crippen molar-refractivity contribution in [2.24, 2.45) is 0 Å². The fourth-order valence-electron chi connectivity index (χ4n) is 2.50. The van der Waals surface area contributed by atoms with Crippen LogP contribution in [0.1, 0.15) is 23.3 Å². The Balaban J connectivity index is 1.80. The predicted molar refractivity (Wildman–Crippen MR) is 80.0 cm³/mol. The van der Waals surface area contributed by atoms with Gasteiger partial charge >= 0.3 is 0 Å². The number of anilines is 2. The van der Waals surface area contributed by atoms with Gasteiger partial charge in [0, 0.05) is 30.7 Å². The van der Waals surface area contributed by atoms with E-state index in [0.29, 0.717) is 11.4 Å². The molecule has 1 fully saturated rings. The molecule has 1 N–H and O–H groups in total. The molecule has 1 aromatic carbocycles. The summed E-state index contributed by atoms with van der Waals surface area (Å²) in [5.41, 5.74) is 1.57. The zero-order chi connectivity index (χ0) is 14.7. The van der Waals surface area contributed by atoms with Crippen LogP contribution in [0.4, 0.5) is 15.8 Å². The summed E-state index contributed by atoms with van der Waals surface area (Å²) >= 11 is 0. The molecule has 0 spiro atoms. The van der Waals surface area contributed by atoms with Gasteiger partial charge < -0.3 is 10.2 Å². The molecule has 21 heavy (non-hydrogen) atoms. The Morgan fingerprint density at radius 3 is 2.71 bits per heavy atom. The highest BCUT2D eigenvalue weighted by Gasteiger charge is 2.15. The summed E-state index contributed by atoms with van der Waals surface area (Å²) in [6.07, 6.45) is 3.79. The van der Waals surface area contributed by atoms with Crippen LogP contribution in [0, 0.1) is 5.82 Å². The standard InChI is InChI=1S/C16H16FN3O/c17-12-9-13(11-14(10-12)20-7-3-4-8-20)19-16(21)15-5-1-2-6-18-15/h1-2,5-6,9-11H,3-4,7-8H2,(H,19,21). The number of amides is 1. The van der Waals surface area contributed by atoms with Crippen molar-refractivity contribution in [3.05, 3.63) is 54.1 Å². The number of nitrogens with one attached hydrogen (secondary N) is 1. The van der Waals surface area contributed by atoms with Crippen LogP contribution in [0.15, 0.2) is 42.6 Å². The van der Waals surface area contributed by atoms with Gasteiger partial charge in [0.2, 0.25) is 0 Å². The Kier molecular flexibility index (Phi) is 3.81. The highest BCUT2D eigenvalue weighted by molar-refractivity contribution is 6.03. The normalized spacial score (nSPS) is 14.2. The van der Waals surface area contributed by atoms with E-state index in [0.717, 1.165) is 31.6 Å². The topological polar surface area (TPSA) is 45.2 Å². The van der Waals surface area contributed by atoms with Crippen molar-refractivity contribution in [1.82, 2.24) is 4.98 Å². The van der Waals surface area contributed by atoms with Gasteiger partial charge in [-0.1, -0.05) is 6.07 Å². The molecule has 3 rings (SSSR count). The van der Waals surface area contributed by atoms with Gasteiger partial charge in [0.25, 0.3) is 5.91 Å². The second-order valence-electron chi connectivity index (χ2n) is 5.06. The molecular weight excluding hydrogens is 269 g/mol. The average molecular weight is 285 g/mol. The number of carbonyl (C=O) groups is 1. The third-order valence-corrected chi connectivity index (χ3v) is 3.51. The van der Waals surface area contributed by atoms with Crippen LogP contribution in [0.3, 0.4) is 0 Å². The Labute approximate surface area is 122 Å². The van der Waals surface area contributed by atoms with E-state index in [9.17, 15) is 9.18 Å². The van der Waals surface area contributed by atoms with Gasteiger partial charge in [-0.2, -0.15) is 0 Å². The van der Waals surface area contributed by atoms with Crippen LogP contribution in [-0.4, -0.2) is 24.0 Å². The number of nitrogens with zero attached hydrogens (tertiary/aromatic N) is 2. The van der Waals surface area contributed by atoms with E-state index in [2.05, 4.69) is 15.2 Å². The van der Waals surface area contributed by atoms with Crippen LogP contribution in [0.2, 0.25) is 0 Å². The second kappa shape index (κ2) is 5.91. The number of pyridine rings is 1. The Morgan fingerprint density at radius 2 is 2.00 bits per heavy atom. The van der Waals surface area contributed by atoms with Crippen molar-refractivity contribution in [1.29, 1.82) is 0 Å². The number of aromatic nitrogens is 1. The maximum absolute atomic E-state index is 13.7. The minimum absolute atomic E-state index is 0.310. The SMILES string of the molecule is O=C(Nc1cc(F)cc(N2CCCC2)c1)c1ccccn1. The minimum atomic E-state index is -0.351. The smallest absolute Gasteiger partial charge is 0.274 e. The van der Waals surface area contributed by atoms with Crippen molar-refractivity contribution in [3.8, 4) is 0 Å². The lowest BCUT2D eigenvalue weighted by Gasteiger charge is -2.18. The number of hydrogen-bond donors (Lipinski definition) is 1. The number of carbonyl (C=O) groups excluding carboxylic acids is 1. The van der Waals surface area contributed by atoms with Crippen molar-refractivity contribution in [3.63, 3.8) is 0 Å². The van der Waals surface area contributed by atoms with Crippen LogP contribution in [-0.2, 0) is 0 Å². The fourth-order valence-corrected chi connectivity index (χ4v) is 2.50. The number of rotatable bonds is 3. The summed E-state index contributed by atoms with van der Waals surface area (Å²) < 4.78 is 13.7. The Hall–Kier alpha value is -2.43. The lowest BCUT2D eigenvalue weighted by Crippen LogP contribution is -2.19. The molecule has 2 heterocycles. The number of halogens is 1. The van der Waals surface area contributed by atoms with Gasteiger partial charge in [0.05, 0.1) is 0 Å². The zero-order valence-corrected chi connectivity index (χ0v) is 11.6. The van der Waals surface area contributed by atoms with Gasteiger partial charge in [-0.05, 0) is 43.2 Å². The van der Waals surface area contributed by atoms with E-state index in [1.165, 1.54) is 12.1 Å². The molecule has 1 amide bonds. The van der Waals surface area contributed by atoms with Crippen LogP contribution < -0.4 is 10.2 Å². The highest BCUT2D eigenvalue weighted by atomic mass is 19.1. The first kappa shape index (κ1) is 13.5. The van der Waals surface area contributed by atoms with E-state index in [1.807, 2.05) is 0 Å². The summed E-state index contributed by atoms with van der Waals surface area (Å²) in [5.74, 6) is -0.690. The van der Waals surface area contributed by atoms with Crippen molar-refractivity contribution >= 4 is 17.3 Å². The van der Waals surface area contributed by atoms with Crippen LogP contribution >= 0.6 is 0 Å². The van der Waals surface area contributed by atoms with Gasteiger partial charge in [0.15, 0.2) is 0 Å². The van der Waals surface area contributed by atoms with E-state index in [-0.39, 0.29) is 11.7 Å². The van der Waals surface area contributed by atoms with E-state index >= 15 is 0 Å². The van der Waals surface area contributed by atoms with Gasteiger partial charge in [-0.25, -0.2) is 4.39 Å². The summed E-state index contributed by atoms with van der Waals surface area (Å²) in [6, 6.07) is 9.72. The summed E-state index contributed by atoms with van der Waals surface area (Å²) in [7, 11) is 0. The van der Waals surface area contributed by atoms with E-state index < -0.39 is 0 Å². The second-order valence-corrected chi connectivity index (χ2v) is 5.06. The van der Waals surface area contributed by atoms with Crippen LogP contribution in [0.5, 0.6) is 0 Å². The molecule has 0 radical (unpaired) electrons. The first-order chi connectivity index (χ1) is 10.2. The Bertz CT molecular complexity index is 639. The lowest BCUT2D eigenvalue weighted by molar-refractivity contribution is 0.102.